The van der Waals surface area contributed by atoms with Crippen LogP contribution in [-0.2, 0) is 11.2 Å². The van der Waals surface area contributed by atoms with Gasteiger partial charge in [-0.25, -0.2) is 0 Å². The third kappa shape index (κ3) is 2.72. The highest BCUT2D eigenvalue weighted by atomic mass is 16.3. The van der Waals surface area contributed by atoms with Gasteiger partial charge >= 0.3 is 0 Å². The molecule has 0 aliphatic heterocycles. The summed E-state index contributed by atoms with van der Waals surface area (Å²) in [6.07, 6.45) is 5.73. The lowest BCUT2D eigenvalue weighted by Gasteiger charge is -2.34. The predicted octanol–water partition coefficient (Wildman–Crippen LogP) is 2.41. The predicted molar refractivity (Wildman–Crippen MR) is 71.4 cm³/mol. The fraction of sp³-hybridized carbons (Fsp3) is 0.533. The minimum Gasteiger partial charge on any atom is -0.508 e. The zero-order valence-electron chi connectivity index (χ0n) is 10.7. The maximum atomic E-state index is 12.5. The number of hydrogen-bond acceptors (Lipinski definition) is 3. The molecule has 0 aromatic heterocycles. The number of aromatic hydroxyl groups is 1. The van der Waals surface area contributed by atoms with Crippen LogP contribution in [0.25, 0.3) is 0 Å². The van der Waals surface area contributed by atoms with Crippen molar-refractivity contribution in [1.29, 1.82) is 0 Å². The molecule has 0 atom stereocenters. The first-order chi connectivity index (χ1) is 8.66. The SMILES string of the molecule is NCC1(C(=O)Cc2ccc(O)cc2)CCCCC1. The van der Waals surface area contributed by atoms with E-state index in [0.29, 0.717) is 13.0 Å². The van der Waals surface area contributed by atoms with Crippen LogP contribution in [0.5, 0.6) is 5.75 Å². The van der Waals surface area contributed by atoms with Crippen LogP contribution < -0.4 is 5.73 Å². The minimum absolute atomic E-state index is 0.234. The molecule has 3 N–H and O–H groups in total. The lowest BCUT2D eigenvalue weighted by atomic mass is 9.70. The standard InChI is InChI=1S/C15H21NO2/c16-11-15(8-2-1-3-9-15)14(18)10-12-4-6-13(17)7-5-12/h4-7,17H,1-3,8-11,16H2. The molecular weight excluding hydrogens is 226 g/mol. The summed E-state index contributed by atoms with van der Waals surface area (Å²) >= 11 is 0. The van der Waals surface area contributed by atoms with Gasteiger partial charge < -0.3 is 10.8 Å². The molecule has 0 amide bonds. The van der Waals surface area contributed by atoms with Crippen molar-refractivity contribution < 1.29 is 9.90 Å². The van der Waals surface area contributed by atoms with Crippen molar-refractivity contribution in [3.05, 3.63) is 29.8 Å². The molecule has 98 valence electrons. The fourth-order valence-electron chi connectivity index (χ4n) is 2.81. The van der Waals surface area contributed by atoms with Crippen LogP contribution in [0.2, 0.25) is 0 Å². The summed E-state index contributed by atoms with van der Waals surface area (Å²) < 4.78 is 0. The largest absolute Gasteiger partial charge is 0.508 e. The molecule has 0 spiro atoms. The molecule has 1 aliphatic rings. The number of hydrogen-bond donors (Lipinski definition) is 2. The highest BCUT2D eigenvalue weighted by Gasteiger charge is 2.37. The molecule has 2 rings (SSSR count). The number of carbonyl (C=O) groups is 1. The van der Waals surface area contributed by atoms with Gasteiger partial charge in [0.15, 0.2) is 0 Å². The molecule has 1 aliphatic carbocycles. The summed E-state index contributed by atoms with van der Waals surface area (Å²) in [6, 6.07) is 6.86. The van der Waals surface area contributed by atoms with Gasteiger partial charge in [0, 0.05) is 18.4 Å². The van der Waals surface area contributed by atoms with Gasteiger partial charge in [0.2, 0.25) is 0 Å². The van der Waals surface area contributed by atoms with Crippen molar-refractivity contribution in [2.75, 3.05) is 6.54 Å². The number of ketones is 1. The van der Waals surface area contributed by atoms with Crippen LogP contribution >= 0.6 is 0 Å². The molecule has 3 heteroatoms. The van der Waals surface area contributed by atoms with E-state index in [-0.39, 0.29) is 16.9 Å². The van der Waals surface area contributed by atoms with Gasteiger partial charge in [-0.2, -0.15) is 0 Å². The Hall–Kier alpha value is -1.35. The number of nitrogens with two attached hydrogens (primary N) is 1. The summed E-state index contributed by atoms with van der Waals surface area (Å²) in [7, 11) is 0. The van der Waals surface area contributed by atoms with E-state index in [1.807, 2.05) is 0 Å². The van der Waals surface area contributed by atoms with E-state index in [0.717, 1.165) is 31.2 Å². The second-order valence-corrected chi connectivity index (χ2v) is 5.31. The molecule has 1 aromatic rings. The fourth-order valence-corrected chi connectivity index (χ4v) is 2.81. The summed E-state index contributed by atoms with van der Waals surface area (Å²) in [6.45, 7) is 0.462. The highest BCUT2D eigenvalue weighted by molar-refractivity contribution is 5.87. The van der Waals surface area contributed by atoms with Crippen LogP contribution in [-0.4, -0.2) is 17.4 Å². The Balaban J connectivity index is 2.07. The molecule has 1 aromatic carbocycles. The Morgan fingerprint density at radius 2 is 1.78 bits per heavy atom. The van der Waals surface area contributed by atoms with Crippen LogP contribution in [0.3, 0.4) is 0 Å². The average Bonchev–Trinajstić information content (AvgIpc) is 2.42. The summed E-state index contributed by atoms with van der Waals surface area (Å²) in [5.74, 6) is 0.493. The zero-order chi connectivity index (χ0) is 13.0. The van der Waals surface area contributed by atoms with Gasteiger partial charge in [-0.3, -0.25) is 4.79 Å². The molecule has 0 bridgehead atoms. The number of carbonyl (C=O) groups excluding carboxylic acids is 1. The Kier molecular flexibility index (Phi) is 4.02. The molecule has 0 radical (unpaired) electrons. The molecule has 0 heterocycles. The van der Waals surface area contributed by atoms with Crippen molar-refractivity contribution in [3.8, 4) is 5.75 Å². The van der Waals surface area contributed by atoms with E-state index in [9.17, 15) is 9.90 Å². The van der Waals surface area contributed by atoms with Crippen molar-refractivity contribution >= 4 is 5.78 Å². The lowest BCUT2D eigenvalue weighted by Crippen LogP contribution is -2.41. The van der Waals surface area contributed by atoms with Crippen molar-refractivity contribution in [1.82, 2.24) is 0 Å². The lowest BCUT2D eigenvalue weighted by molar-refractivity contribution is -0.129. The van der Waals surface area contributed by atoms with E-state index in [1.165, 1.54) is 6.42 Å². The van der Waals surface area contributed by atoms with Gasteiger partial charge in [0.05, 0.1) is 0 Å². The Morgan fingerprint density at radius 1 is 1.17 bits per heavy atom. The maximum absolute atomic E-state index is 12.5. The molecule has 3 nitrogen and oxygen atoms in total. The van der Waals surface area contributed by atoms with E-state index in [2.05, 4.69) is 0 Å². The number of phenolic OH excluding ortho intramolecular Hbond substituents is 1. The number of benzene rings is 1. The third-order valence-electron chi connectivity index (χ3n) is 4.09. The first-order valence-electron chi connectivity index (χ1n) is 6.68. The van der Waals surface area contributed by atoms with Gasteiger partial charge in [-0.15, -0.1) is 0 Å². The normalized spacial score (nSPS) is 18.5. The first kappa shape index (κ1) is 13.1. The smallest absolute Gasteiger partial charge is 0.144 e. The molecule has 1 fully saturated rings. The average molecular weight is 247 g/mol. The minimum atomic E-state index is -0.295. The number of phenols is 1. The van der Waals surface area contributed by atoms with Gasteiger partial charge in [0.25, 0.3) is 0 Å². The van der Waals surface area contributed by atoms with Crippen LogP contribution in [0.15, 0.2) is 24.3 Å². The van der Waals surface area contributed by atoms with Gasteiger partial charge in [0.1, 0.15) is 11.5 Å². The van der Waals surface area contributed by atoms with Gasteiger partial charge in [-0.05, 0) is 30.5 Å². The molecule has 0 unspecified atom stereocenters. The van der Waals surface area contributed by atoms with E-state index in [1.54, 1.807) is 24.3 Å². The number of rotatable bonds is 4. The highest BCUT2D eigenvalue weighted by Crippen LogP contribution is 2.37. The van der Waals surface area contributed by atoms with E-state index >= 15 is 0 Å². The topological polar surface area (TPSA) is 63.3 Å². The van der Waals surface area contributed by atoms with Crippen LogP contribution in [0.1, 0.15) is 37.7 Å². The second kappa shape index (κ2) is 5.53. The third-order valence-corrected chi connectivity index (χ3v) is 4.09. The molecule has 1 saturated carbocycles. The van der Waals surface area contributed by atoms with Crippen LogP contribution in [0, 0.1) is 5.41 Å². The van der Waals surface area contributed by atoms with Crippen molar-refractivity contribution in [3.63, 3.8) is 0 Å². The molecule has 18 heavy (non-hydrogen) atoms. The summed E-state index contributed by atoms with van der Waals surface area (Å²) in [5.41, 5.74) is 6.52. The molecular formula is C15H21NO2. The van der Waals surface area contributed by atoms with Crippen LogP contribution in [0.4, 0.5) is 0 Å². The maximum Gasteiger partial charge on any atom is 0.144 e. The Bertz CT molecular complexity index is 405. The Labute approximate surface area is 108 Å². The van der Waals surface area contributed by atoms with Gasteiger partial charge in [-0.1, -0.05) is 31.4 Å². The van der Waals surface area contributed by atoms with Crippen molar-refractivity contribution in [2.45, 2.75) is 38.5 Å². The second-order valence-electron chi connectivity index (χ2n) is 5.31. The molecule has 0 saturated heterocycles. The monoisotopic (exact) mass is 247 g/mol. The Morgan fingerprint density at radius 3 is 2.33 bits per heavy atom. The first-order valence-corrected chi connectivity index (χ1v) is 6.68. The zero-order valence-corrected chi connectivity index (χ0v) is 10.7. The quantitative estimate of drug-likeness (QED) is 0.858. The van der Waals surface area contributed by atoms with Crippen molar-refractivity contribution in [2.24, 2.45) is 11.1 Å². The van der Waals surface area contributed by atoms with E-state index < -0.39 is 0 Å². The van der Waals surface area contributed by atoms with E-state index in [4.69, 9.17) is 5.73 Å². The number of Topliss-reactive ketones (excluding diaryl/α,β-unsaturated/α-hetero) is 1. The summed E-state index contributed by atoms with van der Waals surface area (Å²) in [4.78, 5) is 12.5. The summed E-state index contributed by atoms with van der Waals surface area (Å²) in [5, 5.41) is 9.23.